The first-order valence-electron chi connectivity index (χ1n) is 5.33. The van der Waals surface area contributed by atoms with Gasteiger partial charge in [0, 0.05) is 6.54 Å². The fraction of sp³-hybridized carbons (Fsp3) is 0.308. The molecule has 0 aliphatic carbocycles. The van der Waals surface area contributed by atoms with Crippen LogP contribution in [-0.4, -0.2) is 19.2 Å². The second kappa shape index (κ2) is 6.67. The highest BCUT2D eigenvalue weighted by Gasteiger charge is 2.01. The SMILES string of the molecule is C=C(CNC(=O)OCC)Cc1ccccc1. The Balaban J connectivity index is 2.29. The smallest absolute Gasteiger partial charge is 0.407 e. The number of hydrogen-bond acceptors (Lipinski definition) is 2. The Kier molecular flexibility index (Phi) is 5.12. The van der Waals surface area contributed by atoms with Crippen LogP contribution in [0, 0.1) is 0 Å². The van der Waals surface area contributed by atoms with E-state index in [1.165, 1.54) is 5.56 Å². The summed E-state index contributed by atoms with van der Waals surface area (Å²) in [5, 5.41) is 2.64. The van der Waals surface area contributed by atoms with E-state index in [0.717, 1.165) is 12.0 Å². The van der Waals surface area contributed by atoms with E-state index in [4.69, 9.17) is 4.74 Å². The molecule has 0 atom stereocenters. The Bertz CT molecular complexity index is 346. The molecule has 1 aromatic carbocycles. The van der Waals surface area contributed by atoms with E-state index >= 15 is 0 Å². The zero-order valence-electron chi connectivity index (χ0n) is 9.53. The molecule has 0 spiro atoms. The Morgan fingerprint density at radius 3 is 2.69 bits per heavy atom. The van der Waals surface area contributed by atoms with Gasteiger partial charge in [0.25, 0.3) is 0 Å². The molecule has 3 nitrogen and oxygen atoms in total. The molecule has 1 aromatic rings. The van der Waals surface area contributed by atoms with Crippen molar-refractivity contribution in [1.29, 1.82) is 0 Å². The number of benzene rings is 1. The second-order valence-corrected chi connectivity index (χ2v) is 3.49. The molecule has 0 saturated carbocycles. The van der Waals surface area contributed by atoms with Crippen LogP contribution in [0.1, 0.15) is 12.5 Å². The van der Waals surface area contributed by atoms with Crippen LogP contribution in [0.5, 0.6) is 0 Å². The Labute approximate surface area is 96.1 Å². The molecule has 0 unspecified atom stereocenters. The summed E-state index contributed by atoms with van der Waals surface area (Å²) < 4.78 is 4.75. The minimum Gasteiger partial charge on any atom is -0.450 e. The van der Waals surface area contributed by atoms with E-state index in [2.05, 4.69) is 11.9 Å². The van der Waals surface area contributed by atoms with Gasteiger partial charge in [0.15, 0.2) is 0 Å². The molecule has 0 heterocycles. The zero-order valence-corrected chi connectivity index (χ0v) is 9.53. The van der Waals surface area contributed by atoms with Crippen molar-refractivity contribution >= 4 is 6.09 Å². The lowest BCUT2D eigenvalue weighted by molar-refractivity contribution is 0.153. The second-order valence-electron chi connectivity index (χ2n) is 3.49. The van der Waals surface area contributed by atoms with Crippen LogP contribution in [0.3, 0.4) is 0 Å². The number of rotatable bonds is 5. The monoisotopic (exact) mass is 219 g/mol. The molecule has 0 radical (unpaired) electrons. The average Bonchev–Trinajstić information content (AvgIpc) is 2.28. The third-order valence-electron chi connectivity index (χ3n) is 2.06. The van der Waals surface area contributed by atoms with Gasteiger partial charge < -0.3 is 10.1 Å². The molecule has 0 bridgehead atoms. The van der Waals surface area contributed by atoms with Crippen molar-refractivity contribution in [3.05, 3.63) is 48.0 Å². The zero-order chi connectivity index (χ0) is 11.8. The molecule has 0 aromatic heterocycles. The van der Waals surface area contributed by atoms with Gasteiger partial charge in [0.1, 0.15) is 0 Å². The van der Waals surface area contributed by atoms with E-state index in [1.807, 2.05) is 30.3 Å². The van der Waals surface area contributed by atoms with Gasteiger partial charge in [-0.2, -0.15) is 0 Å². The fourth-order valence-corrected chi connectivity index (χ4v) is 1.33. The van der Waals surface area contributed by atoms with Crippen molar-refractivity contribution in [2.75, 3.05) is 13.2 Å². The van der Waals surface area contributed by atoms with Gasteiger partial charge in [0.2, 0.25) is 0 Å². The van der Waals surface area contributed by atoms with Crippen LogP contribution in [0.4, 0.5) is 4.79 Å². The summed E-state index contributed by atoms with van der Waals surface area (Å²) in [5.41, 5.74) is 2.15. The molecule has 0 fully saturated rings. The van der Waals surface area contributed by atoms with Gasteiger partial charge in [-0.15, -0.1) is 0 Å². The number of carbonyl (C=O) groups is 1. The number of carbonyl (C=O) groups excluding carboxylic acids is 1. The maximum Gasteiger partial charge on any atom is 0.407 e. The van der Waals surface area contributed by atoms with Crippen LogP contribution >= 0.6 is 0 Å². The molecule has 16 heavy (non-hydrogen) atoms. The summed E-state index contributed by atoms with van der Waals surface area (Å²) in [5.74, 6) is 0. The molecule has 0 aliphatic rings. The van der Waals surface area contributed by atoms with Crippen molar-refractivity contribution in [2.24, 2.45) is 0 Å². The number of nitrogens with one attached hydrogen (secondary N) is 1. The quantitative estimate of drug-likeness (QED) is 0.773. The van der Waals surface area contributed by atoms with Crippen LogP contribution in [0.2, 0.25) is 0 Å². The summed E-state index contributed by atoms with van der Waals surface area (Å²) in [4.78, 5) is 11.0. The standard InChI is InChI=1S/C13H17NO2/c1-3-16-13(15)14-10-11(2)9-12-7-5-4-6-8-12/h4-8H,2-3,9-10H2,1H3,(H,14,15). The number of alkyl carbamates (subject to hydrolysis) is 1. The molecule has 1 rings (SSSR count). The lowest BCUT2D eigenvalue weighted by atomic mass is 10.1. The molecule has 86 valence electrons. The molecule has 1 amide bonds. The third-order valence-corrected chi connectivity index (χ3v) is 2.06. The maximum atomic E-state index is 11.0. The van der Waals surface area contributed by atoms with Gasteiger partial charge in [-0.1, -0.05) is 42.5 Å². The summed E-state index contributed by atoms with van der Waals surface area (Å²) in [6.45, 7) is 6.53. The van der Waals surface area contributed by atoms with Gasteiger partial charge in [-0.3, -0.25) is 0 Å². The van der Waals surface area contributed by atoms with Gasteiger partial charge in [-0.05, 0) is 18.9 Å². The summed E-state index contributed by atoms with van der Waals surface area (Å²) in [6, 6.07) is 10.0. The summed E-state index contributed by atoms with van der Waals surface area (Å²) >= 11 is 0. The largest absolute Gasteiger partial charge is 0.450 e. The van der Waals surface area contributed by atoms with E-state index in [9.17, 15) is 4.79 Å². The van der Waals surface area contributed by atoms with Crippen molar-refractivity contribution in [1.82, 2.24) is 5.32 Å². The minimum atomic E-state index is -0.392. The molecular formula is C13H17NO2. The Morgan fingerprint density at radius 2 is 2.06 bits per heavy atom. The number of ether oxygens (including phenoxy) is 1. The molecular weight excluding hydrogens is 202 g/mol. The van der Waals surface area contributed by atoms with E-state index < -0.39 is 6.09 Å². The highest BCUT2D eigenvalue weighted by Crippen LogP contribution is 2.05. The first-order valence-corrected chi connectivity index (χ1v) is 5.33. The average molecular weight is 219 g/mol. The summed E-state index contributed by atoms with van der Waals surface area (Å²) in [7, 11) is 0. The van der Waals surface area contributed by atoms with Gasteiger partial charge in [-0.25, -0.2) is 4.79 Å². The minimum absolute atomic E-state index is 0.386. The van der Waals surface area contributed by atoms with Crippen LogP contribution in [-0.2, 0) is 11.2 Å². The molecule has 0 saturated heterocycles. The van der Waals surface area contributed by atoms with Crippen molar-refractivity contribution < 1.29 is 9.53 Å². The number of hydrogen-bond donors (Lipinski definition) is 1. The maximum absolute atomic E-state index is 11.0. The topological polar surface area (TPSA) is 38.3 Å². The van der Waals surface area contributed by atoms with E-state index in [0.29, 0.717) is 13.2 Å². The normalized spacial score (nSPS) is 9.56. The first kappa shape index (κ1) is 12.3. The first-order chi connectivity index (χ1) is 7.72. The van der Waals surface area contributed by atoms with Crippen LogP contribution in [0.25, 0.3) is 0 Å². The third kappa shape index (κ3) is 4.64. The van der Waals surface area contributed by atoms with E-state index in [1.54, 1.807) is 6.92 Å². The van der Waals surface area contributed by atoms with Gasteiger partial charge in [0.05, 0.1) is 6.61 Å². The van der Waals surface area contributed by atoms with Gasteiger partial charge >= 0.3 is 6.09 Å². The Hall–Kier alpha value is -1.77. The van der Waals surface area contributed by atoms with Crippen molar-refractivity contribution in [2.45, 2.75) is 13.3 Å². The highest BCUT2D eigenvalue weighted by atomic mass is 16.5. The predicted octanol–water partition coefficient (Wildman–Crippen LogP) is 2.53. The summed E-state index contributed by atoms with van der Waals surface area (Å²) in [6.07, 6.45) is 0.379. The van der Waals surface area contributed by atoms with Crippen molar-refractivity contribution in [3.63, 3.8) is 0 Å². The van der Waals surface area contributed by atoms with E-state index in [-0.39, 0.29) is 0 Å². The fourth-order valence-electron chi connectivity index (χ4n) is 1.33. The van der Waals surface area contributed by atoms with Crippen LogP contribution in [0.15, 0.2) is 42.5 Å². The van der Waals surface area contributed by atoms with Crippen LogP contribution < -0.4 is 5.32 Å². The molecule has 0 aliphatic heterocycles. The van der Waals surface area contributed by atoms with Crippen molar-refractivity contribution in [3.8, 4) is 0 Å². The lowest BCUT2D eigenvalue weighted by Gasteiger charge is -2.07. The number of amides is 1. The molecule has 3 heteroatoms. The lowest BCUT2D eigenvalue weighted by Crippen LogP contribution is -2.26. The Morgan fingerprint density at radius 1 is 1.38 bits per heavy atom. The highest BCUT2D eigenvalue weighted by molar-refractivity contribution is 5.67. The molecule has 1 N–H and O–H groups in total. The predicted molar refractivity (Wildman–Crippen MR) is 64.3 cm³/mol.